The smallest absolute Gasteiger partial charge is 0.255 e. The molecule has 0 atom stereocenters. The maximum atomic E-state index is 13.2. The van der Waals surface area contributed by atoms with E-state index in [1.54, 1.807) is 19.2 Å². The van der Waals surface area contributed by atoms with Gasteiger partial charge in [0.1, 0.15) is 11.5 Å². The molecule has 0 heterocycles. The second-order valence-electron chi connectivity index (χ2n) is 7.53. The van der Waals surface area contributed by atoms with Crippen LogP contribution in [0.4, 0.5) is 0 Å². The lowest BCUT2D eigenvalue weighted by atomic mass is 10.0. The lowest BCUT2D eigenvalue weighted by Gasteiger charge is -2.18. The zero-order valence-electron chi connectivity index (χ0n) is 19.6. The van der Waals surface area contributed by atoms with Crippen molar-refractivity contribution in [1.82, 2.24) is 5.32 Å². The molecule has 0 aliphatic carbocycles. The summed E-state index contributed by atoms with van der Waals surface area (Å²) < 4.78 is 27.4. The number of nitrogens with one attached hydrogen (secondary N) is 1. The monoisotopic (exact) mass is 465 g/mol. The Morgan fingerprint density at radius 1 is 0.794 bits per heavy atom. The third-order valence-electron chi connectivity index (χ3n) is 4.97. The van der Waals surface area contributed by atoms with Crippen LogP contribution < -0.4 is 14.8 Å². The average molecular weight is 466 g/mol. The topological polar surface area (TPSA) is 75.3 Å². The Morgan fingerprint density at radius 2 is 1.44 bits per heavy atom. The van der Waals surface area contributed by atoms with Crippen LogP contribution in [-0.4, -0.2) is 40.3 Å². The third-order valence-corrected chi connectivity index (χ3v) is 4.97. The van der Waals surface area contributed by atoms with E-state index in [0.29, 0.717) is 35.8 Å². The highest BCUT2D eigenvalue weighted by Crippen LogP contribution is 2.30. The standard InChI is InChI=1S/C27H31NO6/c1-30-19-33-24-15-23(18-32-17-22-11-7-4-8-12-22)26(25(16-24)34-20-31-2)27(29)28-14-13-21-9-5-3-6-10-21/h3-12,15-16H,13-14,17-20H2,1-2H3,(H,28,29). The summed E-state index contributed by atoms with van der Waals surface area (Å²) in [5.74, 6) is 0.608. The van der Waals surface area contributed by atoms with Crippen LogP contribution in [0.25, 0.3) is 0 Å². The summed E-state index contributed by atoms with van der Waals surface area (Å²) in [6.45, 7) is 1.15. The molecule has 0 saturated carbocycles. The first-order valence-electron chi connectivity index (χ1n) is 11.1. The van der Waals surface area contributed by atoms with Crippen molar-refractivity contribution in [1.29, 1.82) is 0 Å². The summed E-state index contributed by atoms with van der Waals surface area (Å²) in [5, 5.41) is 2.99. The van der Waals surface area contributed by atoms with Crippen molar-refractivity contribution in [2.75, 3.05) is 34.4 Å². The van der Waals surface area contributed by atoms with Crippen LogP contribution in [-0.2, 0) is 33.8 Å². The molecule has 0 aromatic heterocycles. The highest BCUT2D eigenvalue weighted by molar-refractivity contribution is 5.98. The zero-order valence-corrected chi connectivity index (χ0v) is 19.6. The average Bonchev–Trinajstić information content (AvgIpc) is 2.87. The van der Waals surface area contributed by atoms with Gasteiger partial charge in [0.25, 0.3) is 5.91 Å². The lowest BCUT2D eigenvalue weighted by molar-refractivity contribution is 0.0447. The van der Waals surface area contributed by atoms with E-state index < -0.39 is 0 Å². The number of rotatable bonds is 14. The Hall–Kier alpha value is -3.39. The number of amides is 1. The Bertz CT molecular complexity index is 1010. The summed E-state index contributed by atoms with van der Waals surface area (Å²) in [7, 11) is 3.07. The zero-order chi connectivity index (χ0) is 24.0. The maximum absolute atomic E-state index is 13.2. The molecule has 7 heteroatoms. The molecular formula is C27H31NO6. The molecule has 0 unspecified atom stereocenters. The van der Waals surface area contributed by atoms with E-state index in [4.69, 9.17) is 23.7 Å². The van der Waals surface area contributed by atoms with E-state index in [1.807, 2.05) is 60.7 Å². The van der Waals surface area contributed by atoms with Gasteiger partial charge in [0, 0.05) is 26.8 Å². The minimum absolute atomic E-state index is 0.0116. The van der Waals surface area contributed by atoms with Crippen LogP contribution in [0.5, 0.6) is 11.5 Å². The van der Waals surface area contributed by atoms with Crippen LogP contribution in [0, 0.1) is 0 Å². The van der Waals surface area contributed by atoms with Gasteiger partial charge >= 0.3 is 0 Å². The first-order chi connectivity index (χ1) is 16.7. The molecule has 0 fully saturated rings. The van der Waals surface area contributed by atoms with Gasteiger partial charge in [0.05, 0.1) is 18.8 Å². The van der Waals surface area contributed by atoms with E-state index in [1.165, 1.54) is 7.11 Å². The van der Waals surface area contributed by atoms with Crippen molar-refractivity contribution >= 4 is 5.91 Å². The number of hydrogen-bond acceptors (Lipinski definition) is 6. The van der Waals surface area contributed by atoms with Gasteiger partial charge in [-0.1, -0.05) is 60.7 Å². The van der Waals surface area contributed by atoms with Crippen LogP contribution >= 0.6 is 0 Å². The highest BCUT2D eigenvalue weighted by Gasteiger charge is 2.20. The van der Waals surface area contributed by atoms with Crippen LogP contribution in [0.3, 0.4) is 0 Å². The molecule has 0 radical (unpaired) electrons. The van der Waals surface area contributed by atoms with E-state index in [2.05, 4.69) is 5.32 Å². The number of carbonyl (C=O) groups excluding carboxylic acids is 1. The van der Waals surface area contributed by atoms with E-state index in [-0.39, 0.29) is 26.1 Å². The van der Waals surface area contributed by atoms with E-state index in [0.717, 1.165) is 17.5 Å². The van der Waals surface area contributed by atoms with E-state index in [9.17, 15) is 4.79 Å². The third kappa shape index (κ3) is 7.88. The molecule has 1 amide bonds. The summed E-state index contributed by atoms with van der Waals surface area (Å²) in [5.41, 5.74) is 3.23. The molecule has 0 aliphatic rings. The molecule has 3 rings (SSSR count). The molecule has 0 aliphatic heterocycles. The first-order valence-corrected chi connectivity index (χ1v) is 11.1. The number of hydrogen-bond donors (Lipinski definition) is 1. The summed E-state index contributed by atoms with van der Waals surface area (Å²) in [6.07, 6.45) is 0.718. The van der Waals surface area contributed by atoms with Gasteiger partial charge in [0.2, 0.25) is 0 Å². The molecule has 3 aromatic carbocycles. The van der Waals surface area contributed by atoms with Crippen LogP contribution in [0.1, 0.15) is 27.0 Å². The lowest BCUT2D eigenvalue weighted by Crippen LogP contribution is -2.27. The summed E-state index contributed by atoms with van der Waals surface area (Å²) >= 11 is 0. The maximum Gasteiger partial charge on any atom is 0.255 e. The largest absolute Gasteiger partial charge is 0.467 e. The Kier molecular flexibility index (Phi) is 10.4. The molecule has 1 N–H and O–H groups in total. The molecular weight excluding hydrogens is 434 g/mol. The molecule has 34 heavy (non-hydrogen) atoms. The predicted molar refractivity (Wildman–Crippen MR) is 129 cm³/mol. The van der Waals surface area contributed by atoms with Gasteiger partial charge in [0.15, 0.2) is 13.6 Å². The summed E-state index contributed by atoms with van der Waals surface area (Å²) in [4.78, 5) is 13.2. The van der Waals surface area contributed by atoms with Gasteiger partial charge < -0.3 is 29.0 Å². The van der Waals surface area contributed by atoms with Crippen LogP contribution in [0.15, 0.2) is 72.8 Å². The number of benzene rings is 3. The number of methoxy groups -OCH3 is 2. The fourth-order valence-electron chi connectivity index (χ4n) is 3.37. The fraction of sp³-hybridized carbons (Fsp3) is 0.296. The second-order valence-corrected chi connectivity index (χ2v) is 7.53. The number of carbonyl (C=O) groups is 1. The van der Waals surface area contributed by atoms with Gasteiger partial charge in [-0.25, -0.2) is 0 Å². The molecule has 0 bridgehead atoms. The first kappa shape index (κ1) is 25.2. The molecule has 3 aromatic rings. The minimum Gasteiger partial charge on any atom is -0.467 e. The molecule has 0 saturated heterocycles. The van der Waals surface area contributed by atoms with Crippen molar-refractivity contribution in [3.63, 3.8) is 0 Å². The molecule has 0 spiro atoms. The molecule has 7 nitrogen and oxygen atoms in total. The van der Waals surface area contributed by atoms with E-state index >= 15 is 0 Å². The Morgan fingerprint density at radius 3 is 2.12 bits per heavy atom. The highest BCUT2D eigenvalue weighted by atomic mass is 16.7. The second kappa shape index (κ2) is 14.0. The predicted octanol–water partition coefficient (Wildman–Crippen LogP) is 4.34. The quantitative estimate of drug-likeness (QED) is 0.357. The van der Waals surface area contributed by atoms with Crippen LogP contribution in [0.2, 0.25) is 0 Å². The summed E-state index contributed by atoms with van der Waals surface area (Å²) in [6, 6.07) is 23.3. The minimum atomic E-state index is -0.251. The van der Waals surface area contributed by atoms with Crippen molar-refractivity contribution < 1.29 is 28.5 Å². The van der Waals surface area contributed by atoms with Crippen molar-refractivity contribution in [2.24, 2.45) is 0 Å². The molecule has 180 valence electrons. The van der Waals surface area contributed by atoms with Gasteiger partial charge in [-0.3, -0.25) is 4.79 Å². The SMILES string of the molecule is COCOc1cc(COCc2ccccc2)c(C(=O)NCCc2ccccc2)c(OCOC)c1. The fourth-order valence-corrected chi connectivity index (χ4v) is 3.37. The van der Waals surface area contributed by atoms with Gasteiger partial charge in [-0.05, 0) is 29.2 Å². The van der Waals surface area contributed by atoms with Crippen molar-refractivity contribution in [3.05, 3.63) is 95.1 Å². The number of ether oxygens (including phenoxy) is 5. The van der Waals surface area contributed by atoms with Crippen molar-refractivity contribution in [3.8, 4) is 11.5 Å². The normalized spacial score (nSPS) is 10.6. The van der Waals surface area contributed by atoms with Crippen molar-refractivity contribution in [2.45, 2.75) is 19.6 Å². The Balaban J connectivity index is 1.80. The van der Waals surface area contributed by atoms with Gasteiger partial charge in [-0.2, -0.15) is 0 Å². The Labute approximate surface area is 200 Å². The van der Waals surface area contributed by atoms with Gasteiger partial charge in [-0.15, -0.1) is 0 Å².